The second kappa shape index (κ2) is 8.11. The average molecular weight is 279 g/mol. The Hall–Kier alpha value is -2.28. The van der Waals surface area contributed by atoms with Gasteiger partial charge in [-0.1, -0.05) is 71.2 Å². The lowest BCUT2D eigenvalue weighted by atomic mass is 10.1. The van der Waals surface area contributed by atoms with Crippen LogP contribution in [0.25, 0.3) is 33.8 Å². The highest BCUT2D eigenvalue weighted by Crippen LogP contribution is 2.28. The van der Waals surface area contributed by atoms with Crippen LogP contribution in [-0.4, -0.2) is 4.98 Å². The van der Waals surface area contributed by atoms with Crippen molar-refractivity contribution in [3.63, 3.8) is 0 Å². The Bertz CT molecular complexity index is 732. The van der Waals surface area contributed by atoms with E-state index in [1.54, 1.807) is 0 Å². The van der Waals surface area contributed by atoms with Gasteiger partial charge in [-0.05, 0) is 29.0 Å². The van der Waals surface area contributed by atoms with Crippen LogP contribution >= 0.6 is 0 Å². The van der Waals surface area contributed by atoms with E-state index in [2.05, 4.69) is 54.5 Å². The van der Waals surface area contributed by atoms with Crippen LogP contribution in [-0.2, 0) is 0 Å². The number of hydrogen-bond donors (Lipinski definition) is 1. The first kappa shape index (κ1) is 16.8. The summed E-state index contributed by atoms with van der Waals surface area (Å²) in [5.74, 6) is 0. The molecule has 0 radical (unpaired) electrons. The topological polar surface area (TPSA) is 15.8 Å². The van der Waals surface area contributed by atoms with Gasteiger partial charge in [0.25, 0.3) is 0 Å². The van der Waals surface area contributed by atoms with Crippen molar-refractivity contribution in [1.82, 2.24) is 4.98 Å². The van der Waals surface area contributed by atoms with Crippen LogP contribution in [0.4, 0.5) is 0 Å². The second-order valence-corrected chi connectivity index (χ2v) is 4.11. The number of rotatable bonds is 2. The monoisotopic (exact) mass is 279 g/mol. The van der Waals surface area contributed by atoms with Gasteiger partial charge in [-0.3, -0.25) is 0 Å². The van der Waals surface area contributed by atoms with Crippen molar-refractivity contribution in [3.05, 3.63) is 60.8 Å². The van der Waals surface area contributed by atoms with E-state index < -0.39 is 0 Å². The molecule has 1 N–H and O–H groups in total. The lowest BCUT2D eigenvalue weighted by molar-refractivity contribution is 1.43. The van der Waals surface area contributed by atoms with Crippen molar-refractivity contribution < 1.29 is 0 Å². The first-order valence-corrected chi connectivity index (χ1v) is 7.63. The van der Waals surface area contributed by atoms with Gasteiger partial charge in [0.15, 0.2) is 0 Å². The summed E-state index contributed by atoms with van der Waals surface area (Å²) in [5, 5.41) is 3.69. The van der Waals surface area contributed by atoms with Gasteiger partial charge < -0.3 is 4.98 Å². The van der Waals surface area contributed by atoms with E-state index >= 15 is 0 Å². The van der Waals surface area contributed by atoms with Crippen LogP contribution in [0.1, 0.15) is 39.0 Å². The Morgan fingerprint density at radius 1 is 0.857 bits per heavy atom. The molecule has 110 valence electrons. The van der Waals surface area contributed by atoms with Crippen LogP contribution in [0.5, 0.6) is 0 Å². The fraction of sp³-hybridized carbons (Fsp3) is 0.200. The smallest absolute Gasteiger partial charge is 0.0471 e. The minimum absolute atomic E-state index is 1.03. The second-order valence-electron chi connectivity index (χ2n) is 4.11. The van der Waals surface area contributed by atoms with Crippen molar-refractivity contribution in [1.29, 1.82) is 0 Å². The molecule has 0 fully saturated rings. The molecule has 0 aliphatic rings. The number of hydrogen-bond acceptors (Lipinski definition) is 0. The fourth-order valence-electron chi connectivity index (χ4n) is 2.30. The average Bonchev–Trinajstić information content (AvgIpc) is 2.93. The van der Waals surface area contributed by atoms with Crippen molar-refractivity contribution in [2.24, 2.45) is 0 Å². The Morgan fingerprint density at radius 2 is 1.43 bits per heavy atom. The number of nitrogens with one attached hydrogen (secondary N) is 1. The Morgan fingerprint density at radius 3 is 1.95 bits per heavy atom. The highest BCUT2D eigenvalue weighted by molar-refractivity contribution is 6.02. The molecular weight excluding hydrogens is 254 g/mol. The van der Waals surface area contributed by atoms with Gasteiger partial charge in [0, 0.05) is 22.2 Å². The van der Waals surface area contributed by atoms with Crippen molar-refractivity contribution in [2.45, 2.75) is 27.7 Å². The van der Waals surface area contributed by atoms with Gasteiger partial charge in [-0.15, -0.1) is 0 Å². The van der Waals surface area contributed by atoms with E-state index in [0.717, 1.165) is 16.8 Å². The maximum Gasteiger partial charge on any atom is 0.0471 e. The van der Waals surface area contributed by atoms with Crippen molar-refractivity contribution in [3.8, 4) is 0 Å². The van der Waals surface area contributed by atoms with E-state index in [-0.39, 0.29) is 0 Å². The normalized spacial score (nSPS) is 9.33. The molecule has 0 spiro atoms. The Labute approximate surface area is 128 Å². The lowest BCUT2D eigenvalue weighted by Crippen LogP contribution is -1.74. The third kappa shape index (κ3) is 3.25. The first-order valence-electron chi connectivity index (χ1n) is 7.63. The number of benzene rings is 2. The Kier molecular flexibility index (Phi) is 6.48. The minimum atomic E-state index is 1.03. The molecule has 0 unspecified atom stereocenters. The molecule has 1 aromatic heterocycles. The summed E-state index contributed by atoms with van der Waals surface area (Å²) in [6.07, 6.45) is 3.71. The van der Waals surface area contributed by atoms with Crippen LogP contribution in [0.3, 0.4) is 0 Å². The predicted octanol–water partition coefficient (Wildman–Crippen LogP) is 6.66. The molecule has 2 aromatic carbocycles. The molecule has 3 rings (SSSR count). The summed E-state index contributed by atoms with van der Waals surface area (Å²) in [6, 6.07) is 12.7. The molecule has 1 heteroatoms. The highest BCUT2D eigenvalue weighted by atomic mass is 14.7. The third-order valence-electron chi connectivity index (χ3n) is 3.14. The van der Waals surface area contributed by atoms with Gasteiger partial charge >= 0.3 is 0 Å². The molecule has 0 bridgehead atoms. The molecule has 0 aliphatic heterocycles. The molecule has 0 amide bonds. The van der Waals surface area contributed by atoms with E-state index in [9.17, 15) is 0 Å². The summed E-state index contributed by atoms with van der Waals surface area (Å²) >= 11 is 0. The van der Waals surface area contributed by atoms with Gasteiger partial charge in [0.2, 0.25) is 0 Å². The standard InChI is InChI=1S/C16H13N.2C2H6/c1-3-13-14-9-11-7-5-6-8-12(11)10-16(14)17-15(13)4-2;2*1-2/h3-10,17H,1-2H2;2*1-2H3. The number of aromatic amines is 1. The van der Waals surface area contributed by atoms with Gasteiger partial charge in [0.05, 0.1) is 0 Å². The van der Waals surface area contributed by atoms with Gasteiger partial charge in [-0.2, -0.15) is 0 Å². The van der Waals surface area contributed by atoms with Crippen LogP contribution < -0.4 is 0 Å². The van der Waals surface area contributed by atoms with Gasteiger partial charge in [0.1, 0.15) is 0 Å². The van der Waals surface area contributed by atoms with Gasteiger partial charge in [-0.25, -0.2) is 0 Å². The molecular formula is C20H25N. The molecule has 3 aromatic rings. The molecule has 0 aliphatic carbocycles. The van der Waals surface area contributed by atoms with E-state index in [1.165, 1.54) is 16.2 Å². The summed E-state index contributed by atoms with van der Waals surface area (Å²) in [6.45, 7) is 15.7. The van der Waals surface area contributed by atoms with E-state index in [0.29, 0.717) is 0 Å². The summed E-state index contributed by atoms with van der Waals surface area (Å²) in [4.78, 5) is 3.37. The fourth-order valence-corrected chi connectivity index (χ4v) is 2.30. The molecule has 1 nitrogen and oxygen atoms in total. The molecule has 0 saturated heterocycles. The van der Waals surface area contributed by atoms with Crippen LogP contribution in [0.2, 0.25) is 0 Å². The Balaban J connectivity index is 0.000000510. The number of aromatic nitrogens is 1. The largest absolute Gasteiger partial charge is 0.355 e. The van der Waals surface area contributed by atoms with E-state index in [4.69, 9.17) is 0 Å². The maximum atomic E-state index is 3.87. The van der Waals surface area contributed by atoms with E-state index in [1.807, 2.05) is 39.8 Å². The molecule has 21 heavy (non-hydrogen) atoms. The zero-order chi connectivity index (χ0) is 15.8. The lowest BCUT2D eigenvalue weighted by Gasteiger charge is -1.98. The molecule has 0 saturated carbocycles. The SMILES string of the molecule is C=Cc1[nH]c2cc3ccccc3cc2c1C=C.CC.CC. The molecule has 1 heterocycles. The zero-order valence-electron chi connectivity index (χ0n) is 13.5. The summed E-state index contributed by atoms with van der Waals surface area (Å²) < 4.78 is 0. The minimum Gasteiger partial charge on any atom is -0.355 e. The third-order valence-corrected chi connectivity index (χ3v) is 3.14. The first-order chi connectivity index (χ1) is 10.3. The zero-order valence-corrected chi connectivity index (χ0v) is 13.5. The van der Waals surface area contributed by atoms with Crippen LogP contribution in [0.15, 0.2) is 49.6 Å². The van der Waals surface area contributed by atoms with Crippen LogP contribution in [0, 0.1) is 0 Å². The van der Waals surface area contributed by atoms with Crippen molar-refractivity contribution in [2.75, 3.05) is 0 Å². The summed E-state index contributed by atoms with van der Waals surface area (Å²) in [7, 11) is 0. The predicted molar refractivity (Wildman–Crippen MR) is 98.7 cm³/mol. The molecule has 0 atom stereocenters. The summed E-state index contributed by atoms with van der Waals surface area (Å²) in [5.41, 5.74) is 3.29. The maximum absolute atomic E-state index is 3.87. The number of fused-ring (bicyclic) bond motifs is 2. The quantitative estimate of drug-likeness (QED) is 0.540. The number of H-pyrrole nitrogens is 1. The van der Waals surface area contributed by atoms with Crippen molar-refractivity contribution >= 4 is 33.8 Å². The highest BCUT2D eigenvalue weighted by Gasteiger charge is 2.07.